The number of para-hydroxylation sites is 1. The van der Waals surface area contributed by atoms with Gasteiger partial charge in [-0.05, 0) is 42.8 Å². The molecule has 0 radical (unpaired) electrons. The summed E-state index contributed by atoms with van der Waals surface area (Å²) in [5, 5.41) is 5.36. The lowest BCUT2D eigenvalue weighted by molar-refractivity contribution is 0.0725. The molecule has 0 spiro atoms. The van der Waals surface area contributed by atoms with Crippen LogP contribution in [0, 0.1) is 6.92 Å². The van der Waals surface area contributed by atoms with Gasteiger partial charge in [0, 0.05) is 25.2 Å². The molecule has 156 valence electrons. The first-order chi connectivity index (χ1) is 15.1. The summed E-state index contributed by atoms with van der Waals surface area (Å²) in [6, 6.07) is 17.4. The van der Waals surface area contributed by atoms with E-state index in [0.29, 0.717) is 24.4 Å². The van der Waals surface area contributed by atoms with E-state index in [1.165, 1.54) is 0 Å². The minimum atomic E-state index is -0.0882. The first-order valence-electron chi connectivity index (χ1n) is 10.1. The van der Waals surface area contributed by atoms with Gasteiger partial charge in [0.25, 0.3) is 5.91 Å². The molecule has 0 atom stereocenters. The summed E-state index contributed by atoms with van der Waals surface area (Å²) < 4.78 is 12.7. The molecule has 7 heteroatoms. The number of carbonyl (C=O) groups is 1. The maximum absolute atomic E-state index is 13.5. The zero-order chi connectivity index (χ0) is 21.4. The molecule has 0 saturated carbocycles. The average molecular weight is 414 g/mol. The Hall–Kier alpha value is -3.87. The van der Waals surface area contributed by atoms with Gasteiger partial charge in [-0.2, -0.15) is 5.10 Å². The minimum absolute atomic E-state index is 0.0882. The summed E-state index contributed by atoms with van der Waals surface area (Å²) in [5.74, 6) is 1.34. The van der Waals surface area contributed by atoms with Gasteiger partial charge in [0.2, 0.25) is 6.79 Å². The maximum Gasteiger partial charge on any atom is 0.256 e. The summed E-state index contributed by atoms with van der Waals surface area (Å²) >= 11 is 0. The van der Waals surface area contributed by atoms with Crippen LogP contribution in [-0.2, 0) is 20.1 Å². The van der Waals surface area contributed by atoms with Crippen molar-refractivity contribution in [2.75, 3.05) is 6.79 Å². The van der Waals surface area contributed by atoms with Gasteiger partial charge in [-0.15, -0.1) is 0 Å². The second-order valence-electron chi connectivity index (χ2n) is 7.67. The van der Waals surface area contributed by atoms with E-state index < -0.39 is 0 Å². The van der Waals surface area contributed by atoms with Crippen LogP contribution in [0.1, 0.15) is 27.3 Å². The highest BCUT2D eigenvalue weighted by atomic mass is 16.7. The van der Waals surface area contributed by atoms with E-state index in [-0.39, 0.29) is 12.7 Å². The van der Waals surface area contributed by atoms with Crippen LogP contribution in [-0.4, -0.2) is 32.4 Å². The number of carbonyl (C=O) groups excluding carboxylic acids is 1. The number of amides is 1. The predicted octanol–water partition coefficient (Wildman–Crippen LogP) is 3.85. The number of aromatic nitrogens is 3. The molecule has 2 aromatic heterocycles. The summed E-state index contributed by atoms with van der Waals surface area (Å²) in [6.07, 6.45) is 1.64. The Labute approximate surface area is 179 Å². The van der Waals surface area contributed by atoms with Crippen molar-refractivity contribution in [1.82, 2.24) is 19.7 Å². The first-order valence-corrected chi connectivity index (χ1v) is 10.1. The molecule has 0 N–H and O–H groups in total. The molecule has 0 fully saturated rings. The van der Waals surface area contributed by atoms with E-state index in [0.717, 1.165) is 33.6 Å². The minimum Gasteiger partial charge on any atom is -0.454 e. The fraction of sp³-hybridized carbons (Fsp3) is 0.208. The third-order valence-corrected chi connectivity index (χ3v) is 5.39. The fourth-order valence-corrected chi connectivity index (χ4v) is 3.84. The van der Waals surface area contributed by atoms with E-state index in [4.69, 9.17) is 9.47 Å². The van der Waals surface area contributed by atoms with Crippen LogP contribution in [0.2, 0.25) is 0 Å². The number of benzene rings is 2. The van der Waals surface area contributed by atoms with Crippen molar-refractivity contribution in [3.63, 3.8) is 0 Å². The van der Waals surface area contributed by atoms with E-state index in [1.54, 1.807) is 11.1 Å². The quantitative estimate of drug-likeness (QED) is 0.496. The molecule has 1 aliphatic heterocycles. The number of pyridine rings is 1. The third-order valence-electron chi connectivity index (χ3n) is 5.39. The van der Waals surface area contributed by atoms with Gasteiger partial charge < -0.3 is 14.4 Å². The third kappa shape index (κ3) is 3.82. The van der Waals surface area contributed by atoms with Crippen LogP contribution < -0.4 is 9.47 Å². The molecule has 4 aromatic rings. The lowest BCUT2D eigenvalue weighted by Gasteiger charge is -2.23. The molecule has 0 saturated heterocycles. The number of ether oxygens (including phenoxy) is 2. The Bertz CT molecular complexity index is 1280. The number of fused-ring (bicyclic) bond motifs is 2. The Morgan fingerprint density at radius 2 is 1.90 bits per heavy atom. The van der Waals surface area contributed by atoms with Crippen LogP contribution in [0.5, 0.6) is 11.5 Å². The number of hydrogen-bond acceptors (Lipinski definition) is 5. The number of rotatable bonds is 5. The molecule has 2 aromatic carbocycles. The molecule has 0 bridgehead atoms. The van der Waals surface area contributed by atoms with Crippen molar-refractivity contribution in [3.8, 4) is 11.5 Å². The Morgan fingerprint density at radius 3 is 2.74 bits per heavy atom. The predicted molar refractivity (Wildman–Crippen MR) is 116 cm³/mol. The smallest absolute Gasteiger partial charge is 0.256 e. The summed E-state index contributed by atoms with van der Waals surface area (Å²) in [5.41, 5.74) is 4.26. The number of aryl methyl sites for hydroxylation is 2. The van der Waals surface area contributed by atoms with Gasteiger partial charge >= 0.3 is 0 Å². The van der Waals surface area contributed by atoms with Gasteiger partial charge in [0.15, 0.2) is 11.5 Å². The fourth-order valence-electron chi connectivity index (χ4n) is 3.84. The highest BCUT2D eigenvalue weighted by Gasteiger charge is 2.21. The van der Waals surface area contributed by atoms with E-state index in [1.807, 2.05) is 73.3 Å². The van der Waals surface area contributed by atoms with E-state index in [9.17, 15) is 4.79 Å². The molecule has 0 aliphatic carbocycles. The Balaban J connectivity index is 1.48. The van der Waals surface area contributed by atoms with Crippen molar-refractivity contribution in [2.24, 2.45) is 7.05 Å². The molecule has 3 heterocycles. The van der Waals surface area contributed by atoms with Crippen LogP contribution in [0.25, 0.3) is 10.9 Å². The normalized spacial score (nSPS) is 12.3. The summed E-state index contributed by atoms with van der Waals surface area (Å²) in [6.45, 7) is 3.02. The average Bonchev–Trinajstić information content (AvgIpc) is 3.37. The first kappa shape index (κ1) is 19.1. The SMILES string of the molecule is Cc1cc(CN(Cc2ccc3c(c2)OCO3)C(=O)c2cnc3ccccc3c2)n(C)n1. The van der Waals surface area contributed by atoms with Crippen LogP contribution in [0.15, 0.2) is 60.8 Å². The highest BCUT2D eigenvalue weighted by molar-refractivity contribution is 5.97. The zero-order valence-electron chi connectivity index (χ0n) is 17.4. The summed E-state index contributed by atoms with van der Waals surface area (Å²) in [4.78, 5) is 19.8. The van der Waals surface area contributed by atoms with Crippen molar-refractivity contribution in [2.45, 2.75) is 20.0 Å². The maximum atomic E-state index is 13.5. The van der Waals surface area contributed by atoms with Gasteiger partial charge in [-0.25, -0.2) is 0 Å². The highest BCUT2D eigenvalue weighted by Crippen LogP contribution is 2.33. The molecule has 0 unspecified atom stereocenters. The molecule has 1 aliphatic rings. The standard InChI is InChI=1S/C24H22N4O3/c1-16-9-20(27(2)26-16)14-28(13-17-7-8-22-23(10-17)31-15-30-22)24(29)19-11-18-5-3-4-6-21(18)25-12-19/h3-12H,13-15H2,1-2H3. The number of hydrogen-bond donors (Lipinski definition) is 0. The van der Waals surface area contributed by atoms with Gasteiger partial charge in [-0.1, -0.05) is 24.3 Å². The zero-order valence-corrected chi connectivity index (χ0v) is 17.4. The van der Waals surface area contributed by atoms with Crippen molar-refractivity contribution in [1.29, 1.82) is 0 Å². The van der Waals surface area contributed by atoms with Crippen molar-refractivity contribution < 1.29 is 14.3 Å². The molecule has 1 amide bonds. The van der Waals surface area contributed by atoms with Crippen molar-refractivity contribution >= 4 is 16.8 Å². The topological polar surface area (TPSA) is 69.5 Å². The molecule has 5 rings (SSSR count). The van der Waals surface area contributed by atoms with Gasteiger partial charge in [-0.3, -0.25) is 14.5 Å². The molecule has 7 nitrogen and oxygen atoms in total. The molecule has 31 heavy (non-hydrogen) atoms. The van der Waals surface area contributed by atoms with Crippen LogP contribution >= 0.6 is 0 Å². The van der Waals surface area contributed by atoms with E-state index in [2.05, 4.69) is 10.1 Å². The Morgan fingerprint density at radius 1 is 1.06 bits per heavy atom. The number of nitrogens with zero attached hydrogens (tertiary/aromatic N) is 4. The second-order valence-corrected chi connectivity index (χ2v) is 7.67. The van der Waals surface area contributed by atoms with Gasteiger partial charge in [0.05, 0.1) is 29.0 Å². The largest absolute Gasteiger partial charge is 0.454 e. The van der Waals surface area contributed by atoms with Crippen LogP contribution in [0.3, 0.4) is 0 Å². The van der Waals surface area contributed by atoms with Crippen LogP contribution in [0.4, 0.5) is 0 Å². The monoisotopic (exact) mass is 414 g/mol. The van der Waals surface area contributed by atoms with E-state index >= 15 is 0 Å². The Kier molecular flexibility index (Phi) is 4.78. The molecular weight excluding hydrogens is 392 g/mol. The lowest BCUT2D eigenvalue weighted by atomic mass is 10.1. The second kappa shape index (κ2) is 7.75. The molecular formula is C24H22N4O3. The van der Waals surface area contributed by atoms with Crippen molar-refractivity contribution in [3.05, 3.63) is 83.3 Å². The summed E-state index contributed by atoms with van der Waals surface area (Å²) in [7, 11) is 1.89. The van der Waals surface area contributed by atoms with Gasteiger partial charge in [0.1, 0.15) is 0 Å². The lowest BCUT2D eigenvalue weighted by Crippen LogP contribution is -2.31.